The first-order valence-electron chi connectivity index (χ1n) is 32.7. The number of aliphatic hydroxyl groups is 8. The molecule has 5 aromatic rings. The standard InChI is InChI=1S/C15H16O7.C13H14O6.C12H16O5.C11H9NO4.C10H10Cl3NO7.C5H10O5.CH3I/c1-9(16)18-8-11-12-13(22-15(17)21-12)14(20-11)19-7-10-5-3-2-4-6-10;14-6-9-10-11(19-13(15)18-10)12(17-9)16-7-8-4-2-1-3-5-8;13-6-9-10(14)11(15)12(17-9)16-7-8-4-2-1-3-5-8;1-6(13)12-9-4-7-2-3-8(14)5-10(7)16-11(9)15;1-3(15)17-2-4-5-6(20-9(16)19-5)7(18-4)21-8(14)10(11,12)13;6-1-2-3(7)4(8)5(9)10-2;1-2/h2-6,11-14H,7-8H2,1H3;1-5,9-12,14H,6-7H2;1-5,9-15H,6-7H2;2-5,14H,1H3,(H,12,13);4-7,14H,2H2,1H3;2-9H,1H2;1H3/t11-,12-,13-,14-;2*9-,10-,11-,12-;;4-,5-,6-,7+;2-,3-,4-,5-;/m111.11./s1/i;;;;;;1D. The molecule has 0 saturated carbocycles. The van der Waals surface area contributed by atoms with Gasteiger partial charge in [-0.1, -0.05) is 148 Å². The Kier molecular flexibility index (Phi) is 33.4. The summed E-state index contributed by atoms with van der Waals surface area (Å²) in [6.07, 6.45) is -20.1. The van der Waals surface area contributed by atoms with Crippen LogP contribution in [-0.4, -0.2) is 253 Å². The number of phenols is 1. The molecule has 107 heavy (non-hydrogen) atoms. The first-order chi connectivity index (χ1) is 51.4. The molecule has 0 radical (unpaired) electrons. The minimum atomic E-state index is -2.09. The summed E-state index contributed by atoms with van der Waals surface area (Å²) in [7, 11) is 0. The Bertz CT molecular complexity index is 3770. The number of aromatic hydroxyl groups is 1. The molecule has 13 rings (SSSR count). The largest absolute Gasteiger partial charge is 0.509 e. The second kappa shape index (κ2) is 41.9. The van der Waals surface area contributed by atoms with Gasteiger partial charge in [0.1, 0.15) is 85.2 Å². The van der Waals surface area contributed by atoms with Gasteiger partial charge in [-0.2, -0.15) is 0 Å². The highest BCUT2D eigenvalue weighted by Gasteiger charge is 2.58. The van der Waals surface area contributed by atoms with Crippen molar-refractivity contribution in [2.75, 3.05) is 43.3 Å². The van der Waals surface area contributed by atoms with Gasteiger partial charge in [-0.15, -0.1) is 0 Å². The van der Waals surface area contributed by atoms with Crippen LogP contribution in [0.4, 0.5) is 20.1 Å². The number of aliphatic hydroxyl groups excluding tert-OH is 8. The topological polar surface area (TPSA) is 507 Å². The highest BCUT2D eigenvalue weighted by Crippen LogP contribution is 2.38. The van der Waals surface area contributed by atoms with Crippen molar-refractivity contribution in [2.24, 2.45) is 0 Å². The molecule has 588 valence electrons. The van der Waals surface area contributed by atoms with Crippen LogP contribution in [0.2, 0.25) is 0 Å². The molecule has 4 aromatic carbocycles. The van der Waals surface area contributed by atoms with Gasteiger partial charge < -0.3 is 136 Å². The van der Waals surface area contributed by atoms with Gasteiger partial charge in [-0.25, -0.2) is 19.2 Å². The molecule has 11 N–H and O–H groups in total. The molecule has 1 amide bonds. The summed E-state index contributed by atoms with van der Waals surface area (Å²) in [5, 5.41) is 91.9. The van der Waals surface area contributed by atoms with Crippen LogP contribution in [0.1, 0.15) is 38.8 Å². The Balaban J connectivity index is 0.000000181. The second-order valence-electron chi connectivity index (χ2n) is 23.3. The fraction of sp³-hybridized carbons (Fsp3) is 0.493. The molecule has 8 saturated heterocycles. The van der Waals surface area contributed by atoms with E-state index in [1.54, 1.807) is 6.07 Å². The lowest BCUT2D eigenvalue weighted by atomic mass is 10.1. The van der Waals surface area contributed by atoms with Crippen LogP contribution < -0.4 is 10.9 Å². The third-order valence-corrected chi connectivity index (χ3v) is 16.1. The highest BCUT2D eigenvalue weighted by atomic mass is 127. The van der Waals surface area contributed by atoms with E-state index in [0.29, 0.717) is 23.5 Å². The Labute approximate surface area is 638 Å². The number of alkyl halides is 4. The summed E-state index contributed by atoms with van der Waals surface area (Å²) in [4.78, 5) is 78.0. The lowest BCUT2D eigenvalue weighted by molar-refractivity contribution is -0.183. The van der Waals surface area contributed by atoms with E-state index < -0.39 is 175 Å². The zero-order valence-electron chi connectivity index (χ0n) is 57.6. The van der Waals surface area contributed by atoms with Crippen LogP contribution in [0.3, 0.4) is 0 Å². The quantitative estimate of drug-likeness (QED) is 0.0114. The van der Waals surface area contributed by atoms with Gasteiger partial charge in [0, 0.05) is 33.6 Å². The van der Waals surface area contributed by atoms with Crippen molar-refractivity contribution in [1.29, 1.82) is 5.41 Å². The van der Waals surface area contributed by atoms with Crippen LogP contribution in [0.5, 0.6) is 5.75 Å². The lowest BCUT2D eigenvalue weighted by Crippen LogP contribution is -2.35. The lowest BCUT2D eigenvalue weighted by Gasteiger charge is -2.20. The third-order valence-electron chi connectivity index (χ3n) is 15.6. The smallest absolute Gasteiger partial charge is 0.508 e. The van der Waals surface area contributed by atoms with Gasteiger partial charge in [0.15, 0.2) is 55.7 Å². The van der Waals surface area contributed by atoms with E-state index in [4.69, 9.17) is 147 Å². The highest BCUT2D eigenvalue weighted by molar-refractivity contribution is 14.1. The van der Waals surface area contributed by atoms with E-state index in [-0.39, 0.29) is 56.0 Å². The summed E-state index contributed by atoms with van der Waals surface area (Å²) < 4.78 is 96.5. The van der Waals surface area contributed by atoms with E-state index in [1.807, 2.05) is 114 Å². The van der Waals surface area contributed by atoms with E-state index in [2.05, 4.69) is 10.1 Å². The van der Waals surface area contributed by atoms with E-state index in [0.717, 1.165) is 16.7 Å². The van der Waals surface area contributed by atoms with Crippen LogP contribution in [-0.2, 0) is 115 Å². The molecule has 1 aromatic heterocycles. The monoisotopic (exact) mass is 1690 g/mol. The number of anilines is 1. The van der Waals surface area contributed by atoms with Gasteiger partial charge in [0.2, 0.25) is 24.2 Å². The summed E-state index contributed by atoms with van der Waals surface area (Å²) in [6, 6.07) is 34.5. The summed E-state index contributed by atoms with van der Waals surface area (Å²) in [5.41, 5.74) is 2.62. The van der Waals surface area contributed by atoms with Crippen molar-refractivity contribution in [1.82, 2.24) is 0 Å². The molecule has 36 nitrogen and oxygen atoms in total. The number of fused-ring (bicyclic) bond motifs is 4. The average molecular weight is 1690 g/mol. The molecule has 0 spiro atoms. The maximum Gasteiger partial charge on any atom is 0.509 e. The van der Waals surface area contributed by atoms with Crippen molar-refractivity contribution in [3.63, 3.8) is 0 Å². The average Bonchev–Trinajstić information content (AvgIpc) is 1.64. The van der Waals surface area contributed by atoms with Crippen LogP contribution >= 0.6 is 57.4 Å². The van der Waals surface area contributed by atoms with E-state index >= 15 is 0 Å². The fourth-order valence-electron chi connectivity index (χ4n) is 10.5. The number of amides is 1. The van der Waals surface area contributed by atoms with Gasteiger partial charge in [-0.05, 0) is 39.8 Å². The van der Waals surface area contributed by atoms with Crippen molar-refractivity contribution in [3.05, 3.63) is 142 Å². The number of hydrogen-bond donors (Lipinski definition) is 11. The van der Waals surface area contributed by atoms with E-state index in [9.17, 15) is 54.0 Å². The number of ether oxygens (including phenoxy) is 17. The van der Waals surface area contributed by atoms with Crippen molar-refractivity contribution < 1.29 is 161 Å². The second-order valence-corrected chi connectivity index (χ2v) is 25.6. The minimum absolute atomic E-state index is 0.0155. The zero-order valence-corrected chi connectivity index (χ0v) is 61.0. The molecule has 8 aliphatic heterocycles. The molecule has 0 aliphatic carbocycles. The normalized spacial score (nSPS) is 29.4. The Morgan fingerprint density at radius 1 is 0.523 bits per heavy atom. The maximum atomic E-state index is 11.4. The SMILES string of the molecule is CC(=O)Nc1cc2ccc(O)cc2oc1=O.CC(=O)OC[C@H]1O[C@@H](OC(=N)C(Cl)(Cl)Cl)[C@@H]2OC(=O)O[C@@H]21.CC(=O)OC[C@H]1O[C@@H](OCc2ccccc2)[C@@H]2OC(=O)O[C@@H]21.O=C1O[C@H]2[C@H](OCc3ccccc3)O[C@H](CO)[C@H]2O1.OC[C@H]1O[C@@H](O)[C@H](O)[C@@H]1O.OC[C@H]1O[C@@H](OCc2ccccc2)[C@H](O)[C@@H]1O.[2H]CI. The molecular formula is C67H78Cl3IN2O34. The number of esters is 2. The first kappa shape index (κ1) is 85.2. The minimum Gasteiger partial charge on any atom is -0.508 e. The van der Waals surface area contributed by atoms with Crippen LogP contribution in [0, 0.1) is 5.41 Å². The Morgan fingerprint density at radius 3 is 1.30 bits per heavy atom. The maximum absolute atomic E-state index is 11.4. The van der Waals surface area contributed by atoms with Gasteiger partial charge >= 0.3 is 36.0 Å². The molecule has 8 fully saturated rings. The molecule has 0 unspecified atom stereocenters. The number of nitrogens with one attached hydrogen (secondary N) is 2. The number of carbonyl (C=O) groups excluding carboxylic acids is 6. The number of phenolic OH excluding ortho intramolecular Hbond substituents is 1. The van der Waals surface area contributed by atoms with Crippen molar-refractivity contribution >= 4 is 116 Å². The predicted molar refractivity (Wildman–Crippen MR) is 371 cm³/mol. The Hall–Kier alpha value is -7.46. The number of rotatable bonds is 18. The van der Waals surface area contributed by atoms with Gasteiger partial charge in [0.05, 0.1) is 39.6 Å². The predicted octanol–water partition coefficient (Wildman–Crippen LogP) is 3.33. The summed E-state index contributed by atoms with van der Waals surface area (Å²) in [5.74, 6) is -1.99. The number of hydrogen-bond acceptors (Lipinski definition) is 35. The molecule has 8 aliphatic rings. The van der Waals surface area contributed by atoms with E-state index in [1.165, 1.54) is 39.0 Å². The molecule has 9 heterocycles. The first-order valence-corrected chi connectivity index (χ1v) is 34.7. The number of halogens is 4. The summed E-state index contributed by atoms with van der Waals surface area (Å²) in [6.45, 7) is 3.57. The zero-order chi connectivity index (χ0) is 78.9. The molecule has 40 heteroatoms. The summed E-state index contributed by atoms with van der Waals surface area (Å²) >= 11 is 18.4. The number of carbonyl (C=O) groups is 6. The molecule has 0 bridgehead atoms. The van der Waals surface area contributed by atoms with Crippen LogP contribution in [0.25, 0.3) is 11.0 Å². The fourth-order valence-corrected chi connectivity index (χ4v) is 10.6. The van der Waals surface area contributed by atoms with Gasteiger partial charge in [-0.3, -0.25) is 19.8 Å². The van der Waals surface area contributed by atoms with Crippen molar-refractivity contribution in [2.45, 2.75) is 167 Å². The number of benzene rings is 4. The Morgan fingerprint density at radius 2 is 0.907 bits per heavy atom. The van der Waals surface area contributed by atoms with Crippen molar-refractivity contribution in [3.8, 4) is 5.75 Å². The molecular weight excluding hydrogens is 1610 g/mol. The van der Waals surface area contributed by atoms with Gasteiger partial charge in [0.25, 0.3) is 3.79 Å². The third kappa shape index (κ3) is 25.3. The van der Waals surface area contributed by atoms with Crippen LogP contribution in [0.15, 0.2) is 124 Å². The molecule has 20 atom stereocenters.